The molecule has 7 nitrogen and oxygen atoms in total. The smallest absolute Gasteiger partial charge is 0.272 e. The SMILES string of the molecule is O=C(NCC1(c2ccc3c(c2)OCO3)CCOCC1)c1nn(-c2ccc(F)c(F)c2)c2c1CCC2. The average Bonchev–Trinajstić information content (AvgIpc) is 3.61. The molecule has 2 aromatic carbocycles. The molecule has 2 aliphatic heterocycles. The lowest BCUT2D eigenvalue weighted by Crippen LogP contribution is -2.44. The number of benzene rings is 2. The van der Waals surface area contributed by atoms with Crippen molar-refractivity contribution in [2.24, 2.45) is 0 Å². The van der Waals surface area contributed by atoms with E-state index in [1.807, 2.05) is 18.2 Å². The van der Waals surface area contributed by atoms with E-state index in [4.69, 9.17) is 14.2 Å². The van der Waals surface area contributed by atoms with Crippen LogP contribution in [0.15, 0.2) is 36.4 Å². The number of fused-ring (bicyclic) bond motifs is 2. The standard InChI is InChI=1S/C26H25F2N3O4/c27-19-6-5-17(13-20(19)28)31-21-3-1-2-18(21)24(30-31)25(32)29-14-26(8-10-33-11-9-26)16-4-7-22-23(12-16)35-15-34-22/h4-7,12-13H,1-3,8-11,14-15H2,(H,29,32). The zero-order valence-electron chi connectivity index (χ0n) is 19.1. The Morgan fingerprint density at radius 3 is 2.69 bits per heavy atom. The summed E-state index contributed by atoms with van der Waals surface area (Å²) in [5.74, 6) is -0.695. The van der Waals surface area contributed by atoms with Crippen molar-refractivity contribution in [1.29, 1.82) is 0 Å². The van der Waals surface area contributed by atoms with E-state index in [9.17, 15) is 13.6 Å². The minimum absolute atomic E-state index is 0.206. The van der Waals surface area contributed by atoms with Gasteiger partial charge in [-0.05, 0) is 61.9 Å². The van der Waals surface area contributed by atoms with Crippen LogP contribution in [0.3, 0.4) is 0 Å². The minimum atomic E-state index is -0.944. The van der Waals surface area contributed by atoms with Crippen LogP contribution in [-0.2, 0) is 23.0 Å². The summed E-state index contributed by atoms with van der Waals surface area (Å²) in [6.07, 6.45) is 3.86. The van der Waals surface area contributed by atoms with Crippen molar-refractivity contribution in [2.45, 2.75) is 37.5 Å². The van der Waals surface area contributed by atoms with Crippen molar-refractivity contribution >= 4 is 5.91 Å². The van der Waals surface area contributed by atoms with Crippen molar-refractivity contribution in [3.8, 4) is 17.2 Å². The van der Waals surface area contributed by atoms with E-state index < -0.39 is 11.6 Å². The van der Waals surface area contributed by atoms with Gasteiger partial charge in [0, 0.05) is 42.5 Å². The normalized spacial score (nSPS) is 17.9. The van der Waals surface area contributed by atoms with Gasteiger partial charge in [0.05, 0.1) is 5.69 Å². The van der Waals surface area contributed by atoms with E-state index in [-0.39, 0.29) is 18.1 Å². The summed E-state index contributed by atoms with van der Waals surface area (Å²) >= 11 is 0. The van der Waals surface area contributed by atoms with Gasteiger partial charge in [0.25, 0.3) is 5.91 Å². The molecule has 3 heterocycles. The molecule has 1 saturated heterocycles. The molecule has 1 aliphatic carbocycles. The van der Waals surface area contributed by atoms with Gasteiger partial charge in [0.2, 0.25) is 6.79 Å². The summed E-state index contributed by atoms with van der Waals surface area (Å²) in [5.41, 5.74) is 3.26. The molecule has 3 aliphatic rings. The number of hydrogen-bond donors (Lipinski definition) is 1. The summed E-state index contributed by atoms with van der Waals surface area (Å²) in [7, 11) is 0. The molecule has 0 bridgehead atoms. The van der Waals surface area contributed by atoms with Gasteiger partial charge >= 0.3 is 0 Å². The van der Waals surface area contributed by atoms with Crippen LogP contribution in [0, 0.1) is 11.6 Å². The van der Waals surface area contributed by atoms with Crippen molar-refractivity contribution in [1.82, 2.24) is 15.1 Å². The maximum atomic E-state index is 13.9. The van der Waals surface area contributed by atoms with Crippen molar-refractivity contribution in [3.63, 3.8) is 0 Å². The number of aromatic nitrogens is 2. The monoisotopic (exact) mass is 481 g/mol. The van der Waals surface area contributed by atoms with E-state index in [2.05, 4.69) is 10.4 Å². The van der Waals surface area contributed by atoms with Crippen molar-refractivity contribution < 1.29 is 27.8 Å². The number of rotatable bonds is 5. The number of nitrogens with one attached hydrogen (secondary N) is 1. The highest BCUT2D eigenvalue weighted by atomic mass is 19.2. The second kappa shape index (κ2) is 8.64. The number of ether oxygens (including phenoxy) is 3. The zero-order valence-corrected chi connectivity index (χ0v) is 19.1. The molecule has 35 heavy (non-hydrogen) atoms. The number of hydrogen-bond acceptors (Lipinski definition) is 5. The third-order valence-corrected chi connectivity index (χ3v) is 7.32. The lowest BCUT2D eigenvalue weighted by molar-refractivity contribution is 0.0486. The molecule has 182 valence electrons. The third kappa shape index (κ3) is 3.83. The fraction of sp³-hybridized carbons (Fsp3) is 0.385. The Hall–Kier alpha value is -3.46. The summed E-state index contributed by atoms with van der Waals surface area (Å²) < 4.78 is 45.6. The highest BCUT2D eigenvalue weighted by Crippen LogP contribution is 2.40. The van der Waals surface area contributed by atoms with Gasteiger partial charge in [-0.1, -0.05) is 6.07 Å². The largest absolute Gasteiger partial charge is 0.454 e. The fourth-order valence-corrected chi connectivity index (χ4v) is 5.34. The number of amides is 1. The molecule has 0 radical (unpaired) electrons. The van der Waals surface area contributed by atoms with E-state index >= 15 is 0 Å². The molecule has 1 fully saturated rings. The van der Waals surface area contributed by atoms with Crippen LogP contribution in [0.5, 0.6) is 11.5 Å². The highest BCUT2D eigenvalue weighted by Gasteiger charge is 2.37. The van der Waals surface area contributed by atoms with E-state index in [0.717, 1.165) is 66.8 Å². The molecular formula is C26H25F2N3O4. The molecule has 1 N–H and O–H groups in total. The first-order chi connectivity index (χ1) is 17.0. The molecule has 9 heteroatoms. The summed E-state index contributed by atoms with van der Waals surface area (Å²) in [6, 6.07) is 9.60. The zero-order chi connectivity index (χ0) is 24.0. The first kappa shape index (κ1) is 22.0. The average molecular weight is 481 g/mol. The summed E-state index contributed by atoms with van der Waals surface area (Å²) in [4.78, 5) is 13.4. The number of carbonyl (C=O) groups is 1. The van der Waals surface area contributed by atoms with Crippen LogP contribution in [0.25, 0.3) is 5.69 Å². The molecule has 0 unspecified atom stereocenters. The molecule has 0 spiro atoms. The van der Waals surface area contributed by atoms with Gasteiger partial charge in [-0.15, -0.1) is 0 Å². The predicted molar refractivity (Wildman–Crippen MR) is 122 cm³/mol. The second-order valence-electron chi connectivity index (χ2n) is 9.28. The van der Waals surface area contributed by atoms with E-state index in [0.29, 0.717) is 36.9 Å². The molecule has 0 saturated carbocycles. The van der Waals surface area contributed by atoms with Crippen molar-refractivity contribution in [3.05, 3.63) is 70.5 Å². The third-order valence-electron chi connectivity index (χ3n) is 7.32. The van der Waals surface area contributed by atoms with Gasteiger partial charge in [-0.2, -0.15) is 5.10 Å². The van der Waals surface area contributed by atoms with Gasteiger partial charge in [-0.3, -0.25) is 4.79 Å². The summed E-state index contributed by atoms with van der Waals surface area (Å²) in [5, 5.41) is 7.65. The van der Waals surface area contributed by atoms with Crippen LogP contribution in [-0.4, -0.2) is 42.2 Å². The van der Waals surface area contributed by atoms with Gasteiger partial charge in [-0.25, -0.2) is 13.5 Å². The topological polar surface area (TPSA) is 74.6 Å². The van der Waals surface area contributed by atoms with Gasteiger partial charge in [0.15, 0.2) is 28.8 Å². The van der Waals surface area contributed by atoms with Crippen LogP contribution in [0.1, 0.15) is 46.6 Å². The maximum absolute atomic E-state index is 13.9. The Morgan fingerprint density at radius 1 is 1.03 bits per heavy atom. The van der Waals surface area contributed by atoms with Crippen LogP contribution >= 0.6 is 0 Å². The molecule has 1 amide bonds. The maximum Gasteiger partial charge on any atom is 0.272 e. The van der Waals surface area contributed by atoms with Crippen molar-refractivity contribution in [2.75, 3.05) is 26.6 Å². The van der Waals surface area contributed by atoms with Gasteiger partial charge < -0.3 is 19.5 Å². The van der Waals surface area contributed by atoms with E-state index in [1.54, 1.807) is 4.68 Å². The number of carbonyl (C=O) groups excluding carboxylic acids is 1. The molecule has 3 aromatic rings. The Labute approximate surface area is 201 Å². The Bertz CT molecular complexity index is 1300. The predicted octanol–water partition coefficient (Wildman–Crippen LogP) is 3.85. The second-order valence-corrected chi connectivity index (χ2v) is 9.28. The Morgan fingerprint density at radius 2 is 1.86 bits per heavy atom. The van der Waals surface area contributed by atoms with Crippen LogP contribution in [0.2, 0.25) is 0 Å². The molecule has 0 atom stereocenters. The van der Waals surface area contributed by atoms with Crippen LogP contribution < -0.4 is 14.8 Å². The van der Waals surface area contributed by atoms with Crippen LogP contribution in [0.4, 0.5) is 8.78 Å². The fourth-order valence-electron chi connectivity index (χ4n) is 5.34. The first-order valence-corrected chi connectivity index (χ1v) is 11.9. The lowest BCUT2D eigenvalue weighted by Gasteiger charge is -2.38. The minimum Gasteiger partial charge on any atom is -0.454 e. The van der Waals surface area contributed by atoms with Gasteiger partial charge in [0.1, 0.15) is 0 Å². The highest BCUT2D eigenvalue weighted by molar-refractivity contribution is 5.94. The number of halogens is 2. The number of nitrogens with zero attached hydrogens (tertiary/aromatic N) is 2. The molecule has 1 aromatic heterocycles. The summed E-state index contributed by atoms with van der Waals surface area (Å²) in [6.45, 7) is 1.83. The Balaban J connectivity index is 1.28. The molecular weight excluding hydrogens is 456 g/mol. The Kier molecular flexibility index (Phi) is 5.44. The molecule has 6 rings (SSSR count). The quantitative estimate of drug-likeness (QED) is 0.599. The first-order valence-electron chi connectivity index (χ1n) is 11.9. The van der Waals surface area contributed by atoms with E-state index in [1.165, 1.54) is 6.07 Å². The lowest BCUT2D eigenvalue weighted by atomic mass is 9.74.